The van der Waals surface area contributed by atoms with Crippen LogP contribution in [0.5, 0.6) is 5.75 Å². The maximum absolute atomic E-state index is 13.7. The summed E-state index contributed by atoms with van der Waals surface area (Å²) in [6, 6.07) is 19.6. The van der Waals surface area contributed by atoms with Crippen molar-refractivity contribution in [2.75, 3.05) is 12.4 Å². The van der Waals surface area contributed by atoms with Crippen molar-refractivity contribution in [3.63, 3.8) is 0 Å². The summed E-state index contributed by atoms with van der Waals surface area (Å²) in [5.74, 6) is 0.488. The number of fused-ring (bicyclic) bond motifs is 1. The van der Waals surface area contributed by atoms with Gasteiger partial charge in [-0.1, -0.05) is 88.6 Å². The number of ether oxygens (including phenoxy) is 1. The minimum Gasteiger partial charge on any atom is -0.497 e. The van der Waals surface area contributed by atoms with Crippen LogP contribution in [-0.2, 0) is 11.2 Å². The third-order valence-electron chi connectivity index (χ3n) is 6.65. The fourth-order valence-corrected chi connectivity index (χ4v) is 4.53. The number of nitriles is 1. The van der Waals surface area contributed by atoms with Crippen molar-refractivity contribution in [3.05, 3.63) is 66.4 Å². The van der Waals surface area contributed by atoms with Gasteiger partial charge >= 0.3 is 0 Å². The molecule has 0 spiro atoms. The molecule has 3 rings (SSSR count). The molecule has 1 amide bonds. The number of para-hydroxylation sites is 1. The van der Waals surface area contributed by atoms with Crippen LogP contribution in [0.4, 0.5) is 5.69 Å². The number of hydrogen-bond donors (Lipinski definition) is 1. The van der Waals surface area contributed by atoms with Crippen molar-refractivity contribution in [2.24, 2.45) is 5.41 Å². The van der Waals surface area contributed by atoms with E-state index in [1.165, 1.54) is 32.1 Å². The largest absolute Gasteiger partial charge is 0.497 e. The first kappa shape index (κ1) is 26.2. The average Bonchev–Trinajstić information content (AvgIpc) is 2.90. The fourth-order valence-electron chi connectivity index (χ4n) is 4.53. The minimum absolute atomic E-state index is 0.267. The summed E-state index contributed by atoms with van der Waals surface area (Å²) >= 11 is 0. The van der Waals surface area contributed by atoms with Gasteiger partial charge in [0.25, 0.3) is 0 Å². The van der Waals surface area contributed by atoms with Crippen LogP contribution >= 0.6 is 0 Å². The fraction of sp³-hybridized carbons (Fsp3) is 0.433. The molecule has 1 unspecified atom stereocenters. The van der Waals surface area contributed by atoms with Crippen LogP contribution in [0, 0.1) is 16.7 Å². The predicted molar refractivity (Wildman–Crippen MR) is 142 cm³/mol. The van der Waals surface area contributed by atoms with Crippen LogP contribution in [-0.4, -0.2) is 18.0 Å². The van der Waals surface area contributed by atoms with Gasteiger partial charge in [0.2, 0.25) is 5.91 Å². The Labute approximate surface area is 209 Å². The Morgan fingerprint density at radius 2 is 1.66 bits per heavy atom. The summed E-state index contributed by atoms with van der Waals surface area (Å²) in [6.45, 7) is 2.23. The number of nitrogens with one attached hydrogen (secondary N) is 1. The summed E-state index contributed by atoms with van der Waals surface area (Å²) in [5.41, 5.74) is 1.15. The van der Waals surface area contributed by atoms with Crippen LogP contribution in [0.3, 0.4) is 0 Å². The van der Waals surface area contributed by atoms with Gasteiger partial charge in [0.15, 0.2) is 0 Å². The summed E-state index contributed by atoms with van der Waals surface area (Å²) < 4.78 is 5.27. The monoisotopic (exact) mass is 471 g/mol. The Bertz CT molecular complexity index is 1120. The summed E-state index contributed by atoms with van der Waals surface area (Å²) in [6.07, 6.45) is 11.9. The second-order valence-electron chi connectivity index (χ2n) is 9.28. The molecular formula is C30H37N3O2. The Balaban J connectivity index is 1.75. The smallest absolute Gasteiger partial charge is 0.245 e. The molecule has 0 aliphatic carbocycles. The lowest BCUT2D eigenvalue weighted by molar-refractivity contribution is -0.123. The molecule has 1 N–H and O–H groups in total. The predicted octanol–water partition coefficient (Wildman–Crippen LogP) is 7.47. The van der Waals surface area contributed by atoms with E-state index in [2.05, 4.69) is 23.3 Å². The molecule has 0 aliphatic heterocycles. The van der Waals surface area contributed by atoms with Crippen molar-refractivity contribution in [2.45, 2.75) is 71.1 Å². The molecule has 0 aliphatic rings. The number of methoxy groups -OCH3 is 1. The quantitative estimate of drug-likeness (QED) is 0.248. The van der Waals surface area contributed by atoms with Crippen molar-refractivity contribution >= 4 is 22.5 Å². The molecule has 3 aromatic rings. The summed E-state index contributed by atoms with van der Waals surface area (Å²) in [4.78, 5) is 18.1. The van der Waals surface area contributed by atoms with Crippen molar-refractivity contribution in [3.8, 4) is 11.8 Å². The number of nitrogens with zero attached hydrogens (tertiary/aromatic N) is 2. The molecule has 1 atom stereocenters. The van der Waals surface area contributed by atoms with E-state index in [1.807, 2.05) is 54.6 Å². The zero-order valence-corrected chi connectivity index (χ0v) is 21.1. The highest BCUT2D eigenvalue weighted by atomic mass is 16.5. The first-order valence-corrected chi connectivity index (χ1v) is 12.8. The lowest BCUT2D eigenvalue weighted by atomic mass is 9.77. The number of unbranched alkanes of at least 4 members (excludes halogenated alkanes) is 7. The van der Waals surface area contributed by atoms with E-state index in [1.54, 1.807) is 13.3 Å². The summed E-state index contributed by atoms with van der Waals surface area (Å²) in [7, 11) is 1.63. The second-order valence-corrected chi connectivity index (χ2v) is 9.28. The molecule has 1 aromatic heterocycles. The zero-order chi connectivity index (χ0) is 24.9. The van der Waals surface area contributed by atoms with E-state index >= 15 is 0 Å². The molecule has 2 aromatic carbocycles. The standard InChI is InChI=1S/C30H37N3O2/c1-3-4-5-6-7-8-9-10-20-30(23-31,22-24-16-18-26(35-2)19-17-24)29(34)33-27-15-11-13-25-14-12-21-32-28(25)27/h11-19,21H,3-10,20,22H2,1-2H3,(H,33,34). The third-order valence-corrected chi connectivity index (χ3v) is 6.65. The summed E-state index contributed by atoms with van der Waals surface area (Å²) in [5, 5.41) is 14.3. The van der Waals surface area contributed by atoms with Gasteiger partial charge in [-0.2, -0.15) is 5.26 Å². The van der Waals surface area contributed by atoms with Gasteiger partial charge in [-0.05, 0) is 42.7 Å². The van der Waals surface area contributed by atoms with Gasteiger partial charge in [-0.15, -0.1) is 0 Å². The Hall–Kier alpha value is -3.39. The van der Waals surface area contributed by atoms with Gasteiger partial charge in [0, 0.05) is 11.6 Å². The topological polar surface area (TPSA) is 75.0 Å². The van der Waals surface area contributed by atoms with E-state index < -0.39 is 5.41 Å². The number of amides is 1. The third kappa shape index (κ3) is 7.29. The molecule has 0 saturated carbocycles. The molecule has 184 valence electrons. The van der Waals surface area contributed by atoms with E-state index in [4.69, 9.17) is 4.74 Å². The Kier molecular flexibility index (Phi) is 10.1. The van der Waals surface area contributed by atoms with Gasteiger partial charge < -0.3 is 10.1 Å². The number of benzene rings is 2. The number of aromatic nitrogens is 1. The zero-order valence-electron chi connectivity index (χ0n) is 21.1. The molecule has 0 bridgehead atoms. The normalized spacial score (nSPS) is 12.6. The molecule has 5 nitrogen and oxygen atoms in total. The molecule has 0 saturated heterocycles. The lowest BCUT2D eigenvalue weighted by Gasteiger charge is -2.26. The highest BCUT2D eigenvalue weighted by Gasteiger charge is 2.38. The van der Waals surface area contributed by atoms with Crippen LogP contribution < -0.4 is 10.1 Å². The van der Waals surface area contributed by atoms with E-state index in [-0.39, 0.29) is 5.91 Å². The number of carbonyl (C=O) groups is 1. The van der Waals surface area contributed by atoms with Gasteiger partial charge in [0.1, 0.15) is 11.2 Å². The molecule has 5 heteroatoms. The number of anilines is 1. The minimum atomic E-state index is -1.16. The first-order valence-electron chi connectivity index (χ1n) is 12.8. The molecule has 1 heterocycles. The van der Waals surface area contributed by atoms with Crippen LogP contribution in [0.2, 0.25) is 0 Å². The maximum Gasteiger partial charge on any atom is 0.245 e. The van der Waals surface area contributed by atoms with Crippen LogP contribution in [0.1, 0.15) is 70.3 Å². The van der Waals surface area contributed by atoms with E-state index in [0.717, 1.165) is 41.5 Å². The van der Waals surface area contributed by atoms with Crippen molar-refractivity contribution < 1.29 is 9.53 Å². The molecule has 35 heavy (non-hydrogen) atoms. The highest BCUT2D eigenvalue weighted by molar-refractivity contribution is 6.03. The van der Waals surface area contributed by atoms with E-state index in [0.29, 0.717) is 18.5 Å². The first-order chi connectivity index (χ1) is 17.1. The molecular weight excluding hydrogens is 434 g/mol. The lowest BCUT2D eigenvalue weighted by Crippen LogP contribution is -2.37. The number of rotatable bonds is 14. The van der Waals surface area contributed by atoms with Crippen LogP contribution in [0.15, 0.2) is 60.8 Å². The number of carbonyl (C=O) groups excluding carboxylic acids is 1. The maximum atomic E-state index is 13.7. The highest BCUT2D eigenvalue weighted by Crippen LogP contribution is 2.33. The molecule has 0 radical (unpaired) electrons. The second kappa shape index (κ2) is 13.5. The van der Waals surface area contributed by atoms with Gasteiger partial charge in [-0.25, -0.2) is 0 Å². The Morgan fingerprint density at radius 1 is 0.971 bits per heavy atom. The molecule has 0 fully saturated rings. The number of hydrogen-bond acceptors (Lipinski definition) is 4. The van der Waals surface area contributed by atoms with Crippen molar-refractivity contribution in [1.82, 2.24) is 4.98 Å². The SMILES string of the molecule is CCCCCCCCCCC(C#N)(Cc1ccc(OC)cc1)C(=O)Nc1cccc2cccnc12. The van der Waals surface area contributed by atoms with Crippen molar-refractivity contribution in [1.29, 1.82) is 5.26 Å². The number of pyridine rings is 1. The van der Waals surface area contributed by atoms with Gasteiger partial charge in [-0.3, -0.25) is 9.78 Å². The average molecular weight is 472 g/mol. The van der Waals surface area contributed by atoms with Crippen LogP contribution in [0.25, 0.3) is 10.9 Å². The Morgan fingerprint density at radius 3 is 2.34 bits per heavy atom. The van der Waals surface area contributed by atoms with E-state index in [9.17, 15) is 10.1 Å². The van der Waals surface area contributed by atoms with Gasteiger partial charge in [0.05, 0.1) is 24.4 Å².